The van der Waals surface area contributed by atoms with Crippen LogP contribution in [0, 0.1) is 6.92 Å². The third-order valence-electron chi connectivity index (χ3n) is 2.18. The fourth-order valence-corrected chi connectivity index (χ4v) is 1.41. The smallest absolute Gasteiger partial charge is 0.137 e. The molecule has 0 aliphatic rings. The van der Waals surface area contributed by atoms with Crippen LogP contribution in [0.5, 0.6) is 0 Å². The van der Waals surface area contributed by atoms with Gasteiger partial charge in [-0.15, -0.1) is 0 Å². The van der Waals surface area contributed by atoms with Gasteiger partial charge in [-0.3, -0.25) is 4.57 Å². The minimum absolute atomic E-state index is 0.919. The van der Waals surface area contributed by atoms with E-state index in [0.29, 0.717) is 0 Å². The van der Waals surface area contributed by atoms with Gasteiger partial charge in [-0.25, -0.2) is 9.97 Å². The zero-order valence-electron chi connectivity index (χ0n) is 8.44. The third-order valence-corrected chi connectivity index (χ3v) is 2.18. The number of aryl methyl sites for hydroxylation is 2. The quantitative estimate of drug-likeness (QED) is 0.721. The monoisotopic (exact) mass is 187 g/mol. The fourth-order valence-electron chi connectivity index (χ4n) is 1.41. The van der Waals surface area contributed by atoms with Gasteiger partial charge in [0.1, 0.15) is 11.6 Å². The molecule has 0 unspecified atom stereocenters. The Morgan fingerprint density at radius 3 is 2.79 bits per heavy atom. The summed E-state index contributed by atoms with van der Waals surface area (Å²) in [5.74, 6) is 1.98. The summed E-state index contributed by atoms with van der Waals surface area (Å²) in [6.07, 6.45) is 6.54. The topological polar surface area (TPSA) is 30.7 Å². The van der Waals surface area contributed by atoms with Crippen molar-refractivity contribution in [2.24, 2.45) is 0 Å². The van der Waals surface area contributed by atoms with E-state index in [9.17, 15) is 0 Å². The van der Waals surface area contributed by atoms with Crippen molar-refractivity contribution in [1.82, 2.24) is 14.5 Å². The molecule has 0 atom stereocenters. The van der Waals surface area contributed by atoms with Crippen molar-refractivity contribution < 1.29 is 0 Å². The SMILES string of the molecule is CCc1nccn1-c1ccc(C)cn1. The predicted molar refractivity (Wildman–Crippen MR) is 55.5 cm³/mol. The molecule has 0 radical (unpaired) electrons. The standard InChI is InChI=1S/C11H13N3/c1-3-10-12-6-7-14(10)11-5-4-9(2)8-13-11/h4-8H,3H2,1-2H3. The van der Waals surface area contributed by atoms with Crippen LogP contribution in [-0.4, -0.2) is 14.5 Å². The van der Waals surface area contributed by atoms with Crippen molar-refractivity contribution in [2.45, 2.75) is 20.3 Å². The summed E-state index contributed by atoms with van der Waals surface area (Å²) in [6.45, 7) is 4.12. The summed E-state index contributed by atoms with van der Waals surface area (Å²) < 4.78 is 2.01. The number of hydrogen-bond donors (Lipinski definition) is 0. The van der Waals surface area contributed by atoms with Gasteiger partial charge in [0.25, 0.3) is 0 Å². The van der Waals surface area contributed by atoms with Crippen molar-refractivity contribution in [2.75, 3.05) is 0 Å². The first-order valence-electron chi connectivity index (χ1n) is 4.76. The van der Waals surface area contributed by atoms with Gasteiger partial charge in [-0.05, 0) is 18.6 Å². The largest absolute Gasteiger partial charge is 0.288 e. The summed E-state index contributed by atoms with van der Waals surface area (Å²) in [5, 5.41) is 0. The number of rotatable bonds is 2. The van der Waals surface area contributed by atoms with Gasteiger partial charge in [0.2, 0.25) is 0 Å². The highest BCUT2D eigenvalue weighted by atomic mass is 15.1. The zero-order valence-corrected chi connectivity index (χ0v) is 8.44. The Kier molecular flexibility index (Phi) is 2.31. The van der Waals surface area contributed by atoms with Gasteiger partial charge in [-0.2, -0.15) is 0 Å². The van der Waals surface area contributed by atoms with Crippen LogP contribution >= 0.6 is 0 Å². The minimum Gasteiger partial charge on any atom is -0.288 e. The van der Waals surface area contributed by atoms with E-state index in [-0.39, 0.29) is 0 Å². The molecule has 2 aromatic rings. The average Bonchev–Trinajstić information content (AvgIpc) is 2.67. The summed E-state index contributed by atoms with van der Waals surface area (Å²) in [6, 6.07) is 4.07. The van der Waals surface area contributed by atoms with Crippen LogP contribution in [0.15, 0.2) is 30.7 Å². The average molecular weight is 187 g/mol. The number of aromatic nitrogens is 3. The maximum atomic E-state index is 4.35. The molecule has 14 heavy (non-hydrogen) atoms. The lowest BCUT2D eigenvalue weighted by Crippen LogP contribution is -2.01. The second kappa shape index (κ2) is 3.62. The lowest BCUT2D eigenvalue weighted by Gasteiger charge is -2.04. The van der Waals surface area contributed by atoms with E-state index in [1.807, 2.05) is 30.0 Å². The van der Waals surface area contributed by atoms with Crippen LogP contribution in [0.3, 0.4) is 0 Å². The van der Waals surface area contributed by atoms with E-state index < -0.39 is 0 Å². The normalized spacial score (nSPS) is 10.4. The molecule has 0 aromatic carbocycles. The summed E-state index contributed by atoms with van der Waals surface area (Å²) in [7, 11) is 0. The van der Waals surface area contributed by atoms with Crippen molar-refractivity contribution >= 4 is 0 Å². The molecule has 2 aromatic heterocycles. The third kappa shape index (κ3) is 1.53. The number of nitrogens with zero attached hydrogens (tertiary/aromatic N) is 3. The second-order valence-electron chi connectivity index (χ2n) is 3.26. The lowest BCUT2D eigenvalue weighted by molar-refractivity contribution is 0.866. The number of pyridine rings is 1. The van der Waals surface area contributed by atoms with Gasteiger partial charge >= 0.3 is 0 Å². The van der Waals surface area contributed by atoms with E-state index >= 15 is 0 Å². The lowest BCUT2D eigenvalue weighted by atomic mass is 10.3. The Morgan fingerprint density at radius 2 is 2.14 bits per heavy atom. The molecule has 0 aliphatic carbocycles. The van der Waals surface area contributed by atoms with Crippen LogP contribution in [-0.2, 0) is 6.42 Å². The molecular weight excluding hydrogens is 174 g/mol. The van der Waals surface area contributed by atoms with Crippen LogP contribution in [0.4, 0.5) is 0 Å². The van der Waals surface area contributed by atoms with Gasteiger partial charge < -0.3 is 0 Å². The molecular formula is C11H13N3. The molecule has 72 valence electrons. The fraction of sp³-hybridized carbons (Fsp3) is 0.273. The molecule has 0 amide bonds. The van der Waals surface area contributed by atoms with Gasteiger partial charge in [0, 0.05) is 25.0 Å². The van der Waals surface area contributed by atoms with Gasteiger partial charge in [0.15, 0.2) is 0 Å². The molecule has 3 nitrogen and oxygen atoms in total. The van der Waals surface area contributed by atoms with E-state index in [4.69, 9.17) is 0 Å². The molecule has 0 aliphatic heterocycles. The molecule has 3 heteroatoms. The van der Waals surface area contributed by atoms with Crippen molar-refractivity contribution in [1.29, 1.82) is 0 Å². The summed E-state index contributed by atoms with van der Waals surface area (Å²) >= 11 is 0. The van der Waals surface area contributed by atoms with Gasteiger partial charge in [-0.1, -0.05) is 13.0 Å². The number of imidazole rings is 1. The molecule has 0 saturated carbocycles. The molecule has 0 spiro atoms. The van der Waals surface area contributed by atoms with E-state index in [1.165, 1.54) is 5.56 Å². The van der Waals surface area contributed by atoms with Crippen LogP contribution in [0.1, 0.15) is 18.3 Å². The highest BCUT2D eigenvalue weighted by Crippen LogP contribution is 2.08. The van der Waals surface area contributed by atoms with E-state index in [1.54, 1.807) is 6.20 Å². The second-order valence-corrected chi connectivity index (χ2v) is 3.26. The Morgan fingerprint density at radius 1 is 1.29 bits per heavy atom. The van der Waals surface area contributed by atoms with Crippen LogP contribution < -0.4 is 0 Å². The van der Waals surface area contributed by atoms with Crippen molar-refractivity contribution in [3.63, 3.8) is 0 Å². The molecule has 2 heterocycles. The van der Waals surface area contributed by atoms with Crippen LogP contribution in [0.25, 0.3) is 5.82 Å². The molecule has 0 saturated heterocycles. The molecule has 0 N–H and O–H groups in total. The molecule has 0 fully saturated rings. The van der Waals surface area contributed by atoms with Crippen LogP contribution in [0.2, 0.25) is 0 Å². The van der Waals surface area contributed by atoms with Crippen molar-refractivity contribution in [3.8, 4) is 5.82 Å². The zero-order chi connectivity index (χ0) is 9.97. The predicted octanol–water partition coefficient (Wildman–Crippen LogP) is 2.14. The van der Waals surface area contributed by atoms with E-state index in [0.717, 1.165) is 18.1 Å². The first-order chi connectivity index (χ1) is 6.81. The Hall–Kier alpha value is -1.64. The number of hydrogen-bond acceptors (Lipinski definition) is 2. The first kappa shape index (κ1) is 8.94. The summed E-state index contributed by atoms with van der Waals surface area (Å²) in [4.78, 5) is 8.61. The highest BCUT2D eigenvalue weighted by molar-refractivity contribution is 5.26. The summed E-state index contributed by atoms with van der Waals surface area (Å²) in [5.41, 5.74) is 1.17. The Labute approximate surface area is 83.4 Å². The Balaban J connectivity index is 2.44. The first-order valence-corrected chi connectivity index (χ1v) is 4.76. The van der Waals surface area contributed by atoms with Crippen molar-refractivity contribution in [3.05, 3.63) is 42.1 Å². The molecule has 0 bridgehead atoms. The minimum atomic E-state index is 0.919. The maximum Gasteiger partial charge on any atom is 0.137 e. The highest BCUT2D eigenvalue weighted by Gasteiger charge is 2.02. The molecule has 2 rings (SSSR count). The maximum absolute atomic E-state index is 4.35. The van der Waals surface area contributed by atoms with E-state index in [2.05, 4.69) is 23.0 Å². The van der Waals surface area contributed by atoms with Gasteiger partial charge in [0.05, 0.1) is 0 Å². The Bertz CT molecular complexity index is 414.